The highest BCUT2D eigenvalue weighted by Crippen LogP contribution is 2.20. The Morgan fingerprint density at radius 2 is 2.13 bits per heavy atom. The quantitative estimate of drug-likeness (QED) is 0.450. The van der Waals surface area contributed by atoms with Crippen LogP contribution in [0, 0.1) is 6.92 Å². The van der Waals surface area contributed by atoms with E-state index in [1.807, 2.05) is 13.0 Å². The molecule has 6 heteroatoms. The molecule has 3 rings (SSSR count). The van der Waals surface area contributed by atoms with Crippen molar-refractivity contribution in [2.45, 2.75) is 38.8 Å². The SMILES string of the molecule is CN=C(NCc1cc(C)no1)NC1CCc2ccccc2C1.I. The first-order chi connectivity index (χ1) is 10.7. The summed E-state index contributed by atoms with van der Waals surface area (Å²) in [5.41, 5.74) is 3.80. The van der Waals surface area contributed by atoms with E-state index in [1.54, 1.807) is 7.05 Å². The molecule has 1 aromatic carbocycles. The summed E-state index contributed by atoms with van der Waals surface area (Å²) in [5.74, 6) is 1.62. The zero-order chi connectivity index (χ0) is 15.4. The summed E-state index contributed by atoms with van der Waals surface area (Å²) < 4.78 is 5.20. The second-order valence-electron chi connectivity index (χ2n) is 5.71. The summed E-state index contributed by atoms with van der Waals surface area (Å²) in [6.07, 6.45) is 3.28. The highest BCUT2D eigenvalue weighted by Gasteiger charge is 2.19. The van der Waals surface area contributed by atoms with Gasteiger partial charge in [0.05, 0.1) is 12.2 Å². The number of aliphatic imine (C=N–C) groups is 1. The first-order valence-corrected chi connectivity index (χ1v) is 7.71. The molecule has 1 aromatic heterocycles. The van der Waals surface area contributed by atoms with Crippen molar-refractivity contribution in [2.75, 3.05) is 7.05 Å². The monoisotopic (exact) mass is 426 g/mol. The summed E-state index contributed by atoms with van der Waals surface area (Å²) in [6, 6.07) is 11.0. The number of hydrogen-bond acceptors (Lipinski definition) is 3. The van der Waals surface area contributed by atoms with Gasteiger partial charge >= 0.3 is 0 Å². The highest BCUT2D eigenvalue weighted by molar-refractivity contribution is 14.0. The Morgan fingerprint density at radius 1 is 1.35 bits per heavy atom. The van der Waals surface area contributed by atoms with Gasteiger partial charge in [-0.2, -0.15) is 0 Å². The molecule has 23 heavy (non-hydrogen) atoms. The topological polar surface area (TPSA) is 62.5 Å². The number of aryl methyl sites for hydroxylation is 2. The Kier molecular flexibility index (Phi) is 6.44. The standard InChI is InChI=1S/C17H22N4O.HI/c1-12-9-16(22-21-12)11-19-17(18-2)20-15-8-7-13-5-3-4-6-14(13)10-15;/h3-6,9,15H,7-8,10-11H2,1-2H3,(H2,18,19,20);1H. The maximum Gasteiger partial charge on any atom is 0.191 e. The molecule has 0 spiro atoms. The van der Waals surface area contributed by atoms with Gasteiger partial charge in [-0.25, -0.2) is 0 Å². The number of halogens is 1. The van der Waals surface area contributed by atoms with Gasteiger partial charge in [0.2, 0.25) is 0 Å². The average molecular weight is 426 g/mol. The molecule has 124 valence electrons. The van der Waals surface area contributed by atoms with Crippen LogP contribution in [0.25, 0.3) is 0 Å². The van der Waals surface area contributed by atoms with Gasteiger partial charge in [0.15, 0.2) is 11.7 Å². The maximum absolute atomic E-state index is 5.20. The first kappa shape index (κ1) is 17.8. The third-order valence-corrected chi connectivity index (χ3v) is 4.02. The van der Waals surface area contributed by atoms with Crippen molar-refractivity contribution >= 4 is 29.9 Å². The van der Waals surface area contributed by atoms with Crippen LogP contribution < -0.4 is 10.6 Å². The fourth-order valence-corrected chi connectivity index (χ4v) is 2.88. The first-order valence-electron chi connectivity index (χ1n) is 7.71. The lowest BCUT2D eigenvalue weighted by Crippen LogP contribution is -2.45. The fraction of sp³-hybridized carbons (Fsp3) is 0.412. The van der Waals surface area contributed by atoms with E-state index in [0.717, 1.165) is 36.7 Å². The molecule has 0 bridgehead atoms. The summed E-state index contributed by atoms with van der Waals surface area (Å²) in [6.45, 7) is 2.50. The van der Waals surface area contributed by atoms with Crippen LogP contribution in [0.2, 0.25) is 0 Å². The van der Waals surface area contributed by atoms with Gasteiger partial charge in [0.1, 0.15) is 0 Å². The minimum Gasteiger partial charge on any atom is -0.359 e. The largest absolute Gasteiger partial charge is 0.359 e. The zero-order valence-corrected chi connectivity index (χ0v) is 15.8. The maximum atomic E-state index is 5.20. The van der Waals surface area contributed by atoms with Gasteiger partial charge in [-0.3, -0.25) is 4.99 Å². The van der Waals surface area contributed by atoms with Crippen molar-refractivity contribution in [3.8, 4) is 0 Å². The normalized spacial score (nSPS) is 17.1. The van der Waals surface area contributed by atoms with Gasteiger partial charge in [0.25, 0.3) is 0 Å². The molecule has 2 N–H and O–H groups in total. The minimum absolute atomic E-state index is 0. The molecule has 1 unspecified atom stereocenters. The smallest absolute Gasteiger partial charge is 0.191 e. The summed E-state index contributed by atoms with van der Waals surface area (Å²) in [5, 5.41) is 10.7. The lowest BCUT2D eigenvalue weighted by atomic mass is 9.88. The van der Waals surface area contributed by atoms with E-state index in [2.05, 4.69) is 45.0 Å². The molecule has 0 saturated heterocycles. The van der Waals surface area contributed by atoms with Crippen molar-refractivity contribution in [1.29, 1.82) is 0 Å². The molecule has 0 aliphatic heterocycles. The van der Waals surface area contributed by atoms with Crippen LogP contribution in [0.4, 0.5) is 0 Å². The molecule has 1 heterocycles. The second-order valence-corrected chi connectivity index (χ2v) is 5.71. The van der Waals surface area contributed by atoms with Crippen LogP contribution in [0.3, 0.4) is 0 Å². The van der Waals surface area contributed by atoms with Crippen LogP contribution in [0.15, 0.2) is 39.8 Å². The third kappa shape index (κ3) is 4.70. The number of aromatic nitrogens is 1. The third-order valence-electron chi connectivity index (χ3n) is 4.02. The van der Waals surface area contributed by atoms with Gasteiger partial charge < -0.3 is 15.2 Å². The molecule has 5 nitrogen and oxygen atoms in total. The number of rotatable bonds is 3. The lowest BCUT2D eigenvalue weighted by Gasteiger charge is -2.26. The Bertz CT molecular complexity index is 668. The molecule has 0 fully saturated rings. The molecule has 1 aliphatic carbocycles. The summed E-state index contributed by atoms with van der Waals surface area (Å²) >= 11 is 0. The van der Waals surface area contributed by atoms with E-state index in [-0.39, 0.29) is 24.0 Å². The molecule has 0 amide bonds. The van der Waals surface area contributed by atoms with Crippen molar-refractivity contribution < 1.29 is 4.52 Å². The number of hydrogen-bond donors (Lipinski definition) is 2. The van der Waals surface area contributed by atoms with Gasteiger partial charge in [-0.05, 0) is 37.3 Å². The summed E-state index contributed by atoms with van der Waals surface area (Å²) in [4.78, 5) is 4.29. The second kappa shape index (κ2) is 8.33. The van der Waals surface area contributed by atoms with Crippen molar-refractivity contribution in [2.24, 2.45) is 4.99 Å². The predicted octanol–water partition coefficient (Wildman–Crippen LogP) is 2.82. The predicted molar refractivity (Wildman–Crippen MR) is 102 cm³/mol. The van der Waals surface area contributed by atoms with E-state index in [0.29, 0.717) is 12.6 Å². The van der Waals surface area contributed by atoms with Crippen LogP contribution in [-0.2, 0) is 19.4 Å². The molecular weight excluding hydrogens is 403 g/mol. The summed E-state index contributed by atoms with van der Waals surface area (Å²) in [7, 11) is 1.79. The van der Waals surface area contributed by atoms with Crippen molar-refractivity contribution in [1.82, 2.24) is 15.8 Å². The number of guanidine groups is 1. The lowest BCUT2D eigenvalue weighted by molar-refractivity contribution is 0.376. The Labute approximate surface area is 154 Å². The van der Waals surface area contributed by atoms with E-state index in [1.165, 1.54) is 11.1 Å². The molecule has 0 saturated carbocycles. The van der Waals surface area contributed by atoms with Gasteiger partial charge in [-0.15, -0.1) is 24.0 Å². The molecule has 2 aromatic rings. The van der Waals surface area contributed by atoms with E-state index >= 15 is 0 Å². The van der Waals surface area contributed by atoms with E-state index in [4.69, 9.17) is 4.52 Å². The average Bonchev–Trinajstić information content (AvgIpc) is 2.96. The number of fused-ring (bicyclic) bond motifs is 1. The van der Waals surface area contributed by atoms with Crippen LogP contribution in [0.1, 0.15) is 29.0 Å². The van der Waals surface area contributed by atoms with Crippen LogP contribution in [-0.4, -0.2) is 24.2 Å². The number of nitrogens with one attached hydrogen (secondary N) is 2. The fourth-order valence-electron chi connectivity index (χ4n) is 2.88. The Morgan fingerprint density at radius 3 is 2.83 bits per heavy atom. The number of benzene rings is 1. The molecule has 1 atom stereocenters. The molecule has 0 radical (unpaired) electrons. The Balaban J connectivity index is 0.00000192. The van der Waals surface area contributed by atoms with Crippen LogP contribution >= 0.6 is 24.0 Å². The number of nitrogens with zero attached hydrogens (tertiary/aromatic N) is 2. The molecular formula is C17H23IN4O. The van der Waals surface area contributed by atoms with Crippen molar-refractivity contribution in [3.05, 3.63) is 52.9 Å². The van der Waals surface area contributed by atoms with Gasteiger partial charge in [0, 0.05) is 19.2 Å². The molecule has 1 aliphatic rings. The van der Waals surface area contributed by atoms with Gasteiger partial charge in [-0.1, -0.05) is 29.4 Å². The van der Waals surface area contributed by atoms with E-state index < -0.39 is 0 Å². The Hall–Kier alpha value is -1.57. The highest BCUT2D eigenvalue weighted by atomic mass is 127. The van der Waals surface area contributed by atoms with Crippen LogP contribution in [0.5, 0.6) is 0 Å². The zero-order valence-electron chi connectivity index (χ0n) is 13.5. The van der Waals surface area contributed by atoms with E-state index in [9.17, 15) is 0 Å². The van der Waals surface area contributed by atoms with Crippen molar-refractivity contribution in [3.63, 3.8) is 0 Å². The minimum atomic E-state index is 0.